The van der Waals surface area contributed by atoms with E-state index in [0.29, 0.717) is 6.61 Å². The third-order valence-corrected chi connectivity index (χ3v) is 6.56. The Morgan fingerprint density at radius 3 is 2.82 bits per heavy atom. The summed E-state index contributed by atoms with van der Waals surface area (Å²) < 4.78 is 9.47. The van der Waals surface area contributed by atoms with Crippen molar-refractivity contribution in [1.29, 1.82) is 0 Å². The third-order valence-electron chi connectivity index (χ3n) is 5.62. The minimum atomic E-state index is 0.680. The van der Waals surface area contributed by atoms with Crippen LogP contribution in [0.25, 0.3) is 21.1 Å². The molecule has 0 spiro atoms. The fourth-order valence-corrected chi connectivity index (χ4v) is 4.74. The molecule has 0 aliphatic heterocycles. The van der Waals surface area contributed by atoms with Crippen molar-refractivity contribution in [1.82, 2.24) is 9.55 Å². The third kappa shape index (κ3) is 4.76. The number of aryl methyl sites for hydroxylation is 3. The van der Waals surface area contributed by atoms with Gasteiger partial charge < -0.3 is 9.30 Å². The number of nitrogens with zero attached hydrogens (tertiary/aromatic N) is 3. The highest BCUT2D eigenvalue weighted by Gasteiger charge is 2.07. The summed E-state index contributed by atoms with van der Waals surface area (Å²) in [5.74, 6) is 0.973. The fourth-order valence-electron chi connectivity index (χ4n) is 3.92. The zero-order valence-corrected chi connectivity index (χ0v) is 19.6. The molecule has 5 aromatic rings. The second-order valence-corrected chi connectivity index (χ2v) is 9.15. The fraction of sp³-hybridized carbons (Fsp3) is 0.185. The van der Waals surface area contributed by atoms with Crippen LogP contribution >= 0.6 is 11.3 Å². The van der Waals surface area contributed by atoms with E-state index in [-0.39, 0.29) is 0 Å². The second-order valence-electron chi connectivity index (χ2n) is 8.12. The molecule has 0 bridgehead atoms. The molecule has 0 radical (unpaired) electrons. The van der Waals surface area contributed by atoms with Crippen molar-refractivity contribution in [3.8, 4) is 5.75 Å². The molecular weight excluding hydrogens is 428 g/mol. The predicted octanol–water partition coefficient (Wildman–Crippen LogP) is 6.78. The Hall–Kier alpha value is -3.64. The van der Waals surface area contributed by atoms with Gasteiger partial charge in [0.2, 0.25) is 5.13 Å². The van der Waals surface area contributed by atoms with Gasteiger partial charge in [-0.15, -0.1) is 0 Å². The number of hydrogen-bond donors (Lipinski definition) is 1. The highest BCUT2D eigenvalue weighted by molar-refractivity contribution is 7.22. The Labute approximate surface area is 197 Å². The van der Waals surface area contributed by atoms with E-state index in [0.717, 1.165) is 39.6 Å². The standard InChI is InChI=1S/C27H26N4OS/c1-19-12-13-20(2)25(16-19)32-15-7-14-31-18-21(22-8-3-5-10-24(22)31)17-28-30-27-29-23-9-4-6-11-26(23)33-27/h3-6,8-13,16-18H,7,14-15H2,1-2H3,(H,29,30)/b28-17-. The zero-order chi connectivity index (χ0) is 22.6. The normalized spacial score (nSPS) is 11.6. The minimum absolute atomic E-state index is 0.680. The number of benzene rings is 3. The van der Waals surface area contributed by atoms with Crippen LogP contribution in [0.5, 0.6) is 5.75 Å². The van der Waals surface area contributed by atoms with Gasteiger partial charge in [0, 0.05) is 29.2 Å². The number of ether oxygens (including phenoxy) is 1. The molecule has 166 valence electrons. The summed E-state index contributed by atoms with van der Waals surface area (Å²) in [5, 5.41) is 6.43. The molecule has 1 N–H and O–H groups in total. The summed E-state index contributed by atoms with van der Waals surface area (Å²) in [6, 6.07) is 22.9. The Balaban J connectivity index is 1.26. The number of fused-ring (bicyclic) bond motifs is 2. The summed E-state index contributed by atoms with van der Waals surface area (Å²) in [4.78, 5) is 4.57. The smallest absolute Gasteiger partial charge is 0.204 e. The minimum Gasteiger partial charge on any atom is -0.493 e. The van der Waals surface area contributed by atoms with Crippen LogP contribution in [0.15, 0.2) is 78.0 Å². The van der Waals surface area contributed by atoms with Gasteiger partial charge in [0.1, 0.15) is 5.75 Å². The van der Waals surface area contributed by atoms with E-state index in [4.69, 9.17) is 4.74 Å². The predicted molar refractivity (Wildman–Crippen MR) is 139 cm³/mol. The molecule has 0 saturated heterocycles. The van der Waals surface area contributed by atoms with Crippen molar-refractivity contribution in [2.45, 2.75) is 26.8 Å². The Kier molecular flexibility index (Phi) is 6.09. The van der Waals surface area contributed by atoms with Crippen LogP contribution in [0, 0.1) is 13.8 Å². The van der Waals surface area contributed by atoms with Crippen molar-refractivity contribution >= 4 is 43.8 Å². The average Bonchev–Trinajstić information content (AvgIpc) is 3.40. The Morgan fingerprint density at radius 1 is 1.06 bits per heavy atom. The first-order valence-electron chi connectivity index (χ1n) is 11.1. The molecule has 0 aliphatic carbocycles. The van der Waals surface area contributed by atoms with Gasteiger partial charge >= 0.3 is 0 Å². The lowest BCUT2D eigenvalue weighted by molar-refractivity contribution is 0.300. The number of thiazole rings is 1. The highest BCUT2D eigenvalue weighted by Crippen LogP contribution is 2.26. The Bertz CT molecular complexity index is 1400. The molecule has 6 heteroatoms. The van der Waals surface area contributed by atoms with E-state index in [1.54, 1.807) is 11.3 Å². The van der Waals surface area contributed by atoms with Crippen LogP contribution in [0.2, 0.25) is 0 Å². The van der Waals surface area contributed by atoms with Gasteiger partial charge in [0.05, 0.1) is 23.0 Å². The van der Waals surface area contributed by atoms with Gasteiger partial charge in [0.25, 0.3) is 0 Å². The van der Waals surface area contributed by atoms with Gasteiger partial charge in [-0.3, -0.25) is 5.43 Å². The summed E-state index contributed by atoms with van der Waals surface area (Å²) in [7, 11) is 0. The van der Waals surface area contributed by atoms with E-state index >= 15 is 0 Å². The topological polar surface area (TPSA) is 51.4 Å². The number of hydrazone groups is 1. The van der Waals surface area contributed by atoms with Crippen molar-refractivity contribution in [2.75, 3.05) is 12.0 Å². The number of anilines is 1. The molecule has 3 aromatic carbocycles. The van der Waals surface area contributed by atoms with Crippen LogP contribution < -0.4 is 10.2 Å². The molecule has 0 saturated carbocycles. The first kappa shape index (κ1) is 21.2. The van der Waals surface area contributed by atoms with Gasteiger partial charge in [-0.1, -0.05) is 53.8 Å². The van der Waals surface area contributed by atoms with Crippen molar-refractivity contribution in [2.24, 2.45) is 5.10 Å². The van der Waals surface area contributed by atoms with E-state index < -0.39 is 0 Å². The summed E-state index contributed by atoms with van der Waals surface area (Å²) in [6.07, 6.45) is 4.95. The van der Waals surface area contributed by atoms with Crippen LogP contribution in [0.1, 0.15) is 23.1 Å². The first-order chi connectivity index (χ1) is 16.2. The van der Waals surface area contributed by atoms with Crippen molar-refractivity contribution < 1.29 is 4.74 Å². The maximum atomic E-state index is 6.04. The number of nitrogens with one attached hydrogen (secondary N) is 1. The molecule has 5 rings (SSSR count). The van der Waals surface area contributed by atoms with Crippen LogP contribution in [-0.2, 0) is 6.54 Å². The number of rotatable bonds is 8. The van der Waals surface area contributed by atoms with Gasteiger partial charge in [-0.25, -0.2) is 4.98 Å². The number of aromatic nitrogens is 2. The van der Waals surface area contributed by atoms with Crippen LogP contribution in [0.3, 0.4) is 0 Å². The molecule has 33 heavy (non-hydrogen) atoms. The molecular formula is C27H26N4OS. The number of hydrogen-bond acceptors (Lipinski definition) is 5. The van der Waals surface area contributed by atoms with E-state index in [1.165, 1.54) is 22.0 Å². The lowest BCUT2D eigenvalue weighted by Gasteiger charge is -2.10. The van der Waals surface area contributed by atoms with Gasteiger partial charge in [0.15, 0.2) is 0 Å². The lowest BCUT2D eigenvalue weighted by Crippen LogP contribution is -2.04. The monoisotopic (exact) mass is 454 g/mol. The van der Waals surface area contributed by atoms with E-state index in [1.807, 2.05) is 24.4 Å². The molecule has 2 heterocycles. The molecule has 0 unspecified atom stereocenters. The van der Waals surface area contributed by atoms with Crippen LogP contribution in [-0.4, -0.2) is 22.4 Å². The second kappa shape index (κ2) is 9.46. The lowest BCUT2D eigenvalue weighted by atomic mass is 10.1. The van der Waals surface area contributed by atoms with Crippen molar-refractivity contribution in [3.05, 3.63) is 89.6 Å². The molecule has 0 amide bonds. The maximum absolute atomic E-state index is 6.04. The Morgan fingerprint density at radius 2 is 1.91 bits per heavy atom. The summed E-state index contributed by atoms with van der Waals surface area (Å²) >= 11 is 1.60. The quantitative estimate of drug-likeness (QED) is 0.160. The SMILES string of the molecule is Cc1ccc(C)c(OCCCn2cc(/C=N\Nc3nc4ccccc4s3)c3ccccc32)c1. The average molecular weight is 455 g/mol. The van der Waals surface area contributed by atoms with Crippen molar-refractivity contribution in [3.63, 3.8) is 0 Å². The summed E-state index contributed by atoms with van der Waals surface area (Å²) in [6.45, 7) is 5.74. The highest BCUT2D eigenvalue weighted by atomic mass is 32.1. The summed E-state index contributed by atoms with van der Waals surface area (Å²) in [5.41, 5.74) is 8.74. The number of para-hydroxylation sites is 2. The molecule has 0 aliphatic rings. The van der Waals surface area contributed by atoms with Gasteiger partial charge in [-0.2, -0.15) is 5.10 Å². The molecule has 2 aromatic heterocycles. The zero-order valence-electron chi connectivity index (χ0n) is 18.8. The molecule has 0 atom stereocenters. The van der Waals surface area contributed by atoms with Crippen LogP contribution in [0.4, 0.5) is 5.13 Å². The molecule has 5 nitrogen and oxygen atoms in total. The van der Waals surface area contributed by atoms with E-state index in [9.17, 15) is 0 Å². The van der Waals surface area contributed by atoms with E-state index in [2.05, 4.69) is 88.7 Å². The first-order valence-corrected chi connectivity index (χ1v) is 11.9. The molecule has 0 fully saturated rings. The largest absolute Gasteiger partial charge is 0.493 e. The maximum Gasteiger partial charge on any atom is 0.204 e. The van der Waals surface area contributed by atoms with Gasteiger partial charge in [-0.05, 0) is 55.7 Å².